The Labute approximate surface area is 179 Å². The molecule has 0 spiro atoms. The molecular formula is C23H23N5O3. The predicted octanol–water partition coefficient (Wildman–Crippen LogP) is 3.44. The van der Waals surface area contributed by atoms with Gasteiger partial charge in [0.15, 0.2) is 11.6 Å². The second-order valence-electron chi connectivity index (χ2n) is 7.96. The highest BCUT2D eigenvalue weighted by Crippen LogP contribution is 2.37. The molecule has 158 valence electrons. The van der Waals surface area contributed by atoms with Gasteiger partial charge >= 0.3 is 0 Å². The minimum atomic E-state index is -0.110. The monoisotopic (exact) mass is 417 g/mol. The molecule has 8 nitrogen and oxygen atoms in total. The van der Waals surface area contributed by atoms with Gasteiger partial charge in [-0.2, -0.15) is 0 Å². The number of ether oxygens (including phenoxy) is 1. The summed E-state index contributed by atoms with van der Waals surface area (Å²) < 4.78 is 7.07. The number of fused-ring (bicyclic) bond motifs is 1. The first-order valence-corrected chi connectivity index (χ1v) is 10.5. The number of Topliss-reactive ketones (excluding diaryl/α,β-unsaturated/α-hetero) is 1. The van der Waals surface area contributed by atoms with Crippen molar-refractivity contribution in [3.8, 4) is 11.5 Å². The van der Waals surface area contributed by atoms with Gasteiger partial charge in [0.25, 0.3) is 5.91 Å². The first kappa shape index (κ1) is 19.6. The van der Waals surface area contributed by atoms with Gasteiger partial charge in [-0.05, 0) is 49.1 Å². The number of ketones is 1. The highest BCUT2D eigenvalue weighted by Gasteiger charge is 2.31. The van der Waals surface area contributed by atoms with Gasteiger partial charge in [0.05, 0.1) is 6.54 Å². The molecule has 2 aliphatic rings. The lowest BCUT2D eigenvalue weighted by Gasteiger charge is -2.15. The average Bonchev–Trinajstić information content (AvgIpc) is 3.42. The molecule has 2 aromatic heterocycles. The molecule has 0 unspecified atom stereocenters. The van der Waals surface area contributed by atoms with Gasteiger partial charge in [-0.15, -0.1) is 10.2 Å². The fourth-order valence-corrected chi connectivity index (χ4v) is 3.94. The van der Waals surface area contributed by atoms with Crippen molar-refractivity contribution in [2.45, 2.75) is 38.3 Å². The van der Waals surface area contributed by atoms with Crippen LogP contribution in [0, 0.1) is 0 Å². The van der Waals surface area contributed by atoms with Crippen LogP contribution < -0.4 is 4.90 Å². The van der Waals surface area contributed by atoms with Crippen LogP contribution in [0.4, 0.5) is 5.82 Å². The molecule has 31 heavy (non-hydrogen) atoms. The van der Waals surface area contributed by atoms with Gasteiger partial charge < -0.3 is 9.30 Å². The number of pyridine rings is 1. The maximum absolute atomic E-state index is 13.0. The highest BCUT2D eigenvalue weighted by molar-refractivity contribution is 6.10. The molecule has 1 aliphatic heterocycles. The summed E-state index contributed by atoms with van der Waals surface area (Å²) in [6.45, 7) is 0.943. The predicted molar refractivity (Wildman–Crippen MR) is 114 cm³/mol. The molecule has 3 heterocycles. The second kappa shape index (κ2) is 8.03. The summed E-state index contributed by atoms with van der Waals surface area (Å²) in [6, 6.07) is 11.3. The number of anilines is 1. The Morgan fingerprint density at radius 3 is 2.90 bits per heavy atom. The van der Waals surface area contributed by atoms with Crippen LogP contribution in [0.15, 0.2) is 42.7 Å². The van der Waals surface area contributed by atoms with Crippen LogP contribution in [0.3, 0.4) is 0 Å². The number of hydrogen-bond donors (Lipinski definition) is 0. The zero-order valence-electron chi connectivity index (χ0n) is 17.3. The maximum atomic E-state index is 13.0. The van der Waals surface area contributed by atoms with E-state index in [4.69, 9.17) is 9.72 Å². The minimum absolute atomic E-state index is 0.0604. The zero-order valence-corrected chi connectivity index (χ0v) is 17.3. The van der Waals surface area contributed by atoms with Crippen molar-refractivity contribution in [3.63, 3.8) is 0 Å². The minimum Gasteiger partial charge on any atom is -0.385 e. The third kappa shape index (κ3) is 3.74. The molecule has 1 fully saturated rings. The lowest BCUT2D eigenvalue weighted by Crippen LogP contribution is -2.24. The van der Waals surface area contributed by atoms with Crippen molar-refractivity contribution in [3.05, 3.63) is 59.4 Å². The lowest BCUT2D eigenvalue weighted by molar-refractivity contribution is 0.0960. The summed E-state index contributed by atoms with van der Waals surface area (Å²) in [5.41, 5.74) is 2.78. The lowest BCUT2D eigenvalue weighted by atomic mass is 10.0. The molecule has 1 amide bonds. The Hall–Kier alpha value is -3.39. The molecule has 1 aliphatic carbocycles. The van der Waals surface area contributed by atoms with Crippen LogP contribution in [0.1, 0.15) is 58.0 Å². The second-order valence-corrected chi connectivity index (χ2v) is 7.96. The summed E-state index contributed by atoms with van der Waals surface area (Å²) in [5.74, 6) is 1.24. The third-order valence-corrected chi connectivity index (χ3v) is 5.74. The van der Waals surface area contributed by atoms with Crippen molar-refractivity contribution in [2.24, 2.45) is 0 Å². The normalized spacial score (nSPS) is 15.4. The smallest absolute Gasteiger partial charge is 0.260 e. The number of benzene rings is 1. The van der Waals surface area contributed by atoms with E-state index < -0.39 is 0 Å². The van der Waals surface area contributed by atoms with E-state index in [1.54, 1.807) is 30.5 Å². The van der Waals surface area contributed by atoms with Gasteiger partial charge in [0.1, 0.15) is 17.8 Å². The largest absolute Gasteiger partial charge is 0.385 e. The highest BCUT2D eigenvalue weighted by atomic mass is 16.5. The van der Waals surface area contributed by atoms with Gasteiger partial charge in [0.2, 0.25) is 0 Å². The van der Waals surface area contributed by atoms with Crippen molar-refractivity contribution in [1.29, 1.82) is 0 Å². The number of carbonyl (C=O) groups excluding carboxylic acids is 2. The Bertz CT molecular complexity index is 1150. The number of rotatable bonds is 8. The molecule has 1 saturated carbocycles. The number of nitrogens with zero attached hydrogens (tertiary/aromatic N) is 5. The van der Waals surface area contributed by atoms with Crippen molar-refractivity contribution in [2.75, 3.05) is 18.6 Å². The molecule has 0 saturated heterocycles. The van der Waals surface area contributed by atoms with Crippen molar-refractivity contribution < 1.29 is 14.3 Å². The number of methoxy groups -OCH3 is 1. The fourth-order valence-electron chi connectivity index (χ4n) is 3.94. The fraction of sp³-hybridized carbons (Fsp3) is 0.348. The molecular weight excluding hydrogens is 394 g/mol. The molecule has 0 bridgehead atoms. The summed E-state index contributed by atoms with van der Waals surface area (Å²) in [7, 11) is 1.62. The van der Waals surface area contributed by atoms with Crippen LogP contribution >= 0.6 is 0 Å². The van der Waals surface area contributed by atoms with Gasteiger partial charge in [0, 0.05) is 37.3 Å². The Morgan fingerprint density at radius 1 is 1.23 bits per heavy atom. The first-order chi connectivity index (χ1) is 15.2. The topological polar surface area (TPSA) is 90.2 Å². The quantitative estimate of drug-likeness (QED) is 0.412. The molecule has 0 radical (unpaired) electrons. The molecule has 8 heteroatoms. The van der Waals surface area contributed by atoms with E-state index in [1.807, 2.05) is 28.8 Å². The number of amides is 1. The van der Waals surface area contributed by atoms with E-state index in [2.05, 4.69) is 10.2 Å². The number of hydrogen-bond acceptors (Lipinski definition) is 6. The van der Waals surface area contributed by atoms with E-state index in [0.717, 1.165) is 24.2 Å². The SMILES string of the molecule is COCCCC(=O)c1ccc2c(c1)CN(c1cccc(-c3nncn3C3CC3)n1)C2=O. The summed E-state index contributed by atoms with van der Waals surface area (Å²) >= 11 is 0. The van der Waals surface area contributed by atoms with Gasteiger partial charge in [-0.3, -0.25) is 14.5 Å². The average molecular weight is 417 g/mol. The van der Waals surface area contributed by atoms with Crippen LogP contribution in [-0.4, -0.2) is 45.2 Å². The van der Waals surface area contributed by atoms with E-state index in [9.17, 15) is 9.59 Å². The Morgan fingerprint density at radius 2 is 2.10 bits per heavy atom. The number of aromatic nitrogens is 4. The zero-order chi connectivity index (χ0) is 21.4. The van der Waals surface area contributed by atoms with Crippen LogP contribution in [0.5, 0.6) is 0 Å². The Balaban J connectivity index is 1.38. The van der Waals surface area contributed by atoms with E-state index in [-0.39, 0.29) is 11.7 Å². The molecule has 1 aromatic carbocycles. The molecule has 3 aromatic rings. The van der Waals surface area contributed by atoms with Crippen molar-refractivity contribution in [1.82, 2.24) is 19.7 Å². The summed E-state index contributed by atoms with van der Waals surface area (Å²) in [4.78, 5) is 31.8. The van der Waals surface area contributed by atoms with Crippen molar-refractivity contribution >= 4 is 17.5 Å². The van der Waals surface area contributed by atoms with E-state index in [1.165, 1.54) is 0 Å². The van der Waals surface area contributed by atoms with Gasteiger partial charge in [-0.1, -0.05) is 12.1 Å². The van der Waals surface area contributed by atoms with E-state index in [0.29, 0.717) is 54.7 Å². The van der Waals surface area contributed by atoms with E-state index >= 15 is 0 Å². The Kier molecular flexibility index (Phi) is 5.07. The summed E-state index contributed by atoms with van der Waals surface area (Å²) in [6.07, 6.45) is 5.09. The molecule has 5 rings (SSSR count). The summed E-state index contributed by atoms with van der Waals surface area (Å²) in [5, 5.41) is 8.28. The maximum Gasteiger partial charge on any atom is 0.260 e. The van der Waals surface area contributed by atoms with Crippen LogP contribution in [-0.2, 0) is 11.3 Å². The standard InChI is InChI=1S/C23H23N5O3/c1-31-11-3-5-20(29)15-7-10-18-16(12-15)13-27(23(18)30)21-6-2-4-19(25-21)22-26-24-14-28(22)17-8-9-17/h2,4,6-7,10,12,14,17H,3,5,8-9,11,13H2,1H3. The molecule has 0 atom stereocenters. The van der Waals surface area contributed by atoms with Crippen LogP contribution in [0.25, 0.3) is 11.5 Å². The molecule has 0 N–H and O–H groups in total. The number of carbonyl (C=O) groups is 2. The van der Waals surface area contributed by atoms with Gasteiger partial charge in [-0.25, -0.2) is 4.98 Å². The third-order valence-electron chi connectivity index (χ3n) is 5.74. The first-order valence-electron chi connectivity index (χ1n) is 10.5. The van der Waals surface area contributed by atoms with Crippen LogP contribution in [0.2, 0.25) is 0 Å².